The lowest BCUT2D eigenvalue weighted by molar-refractivity contribution is 0.401. The van der Waals surface area contributed by atoms with Crippen LogP contribution in [0.5, 0.6) is 5.75 Å². The summed E-state index contributed by atoms with van der Waals surface area (Å²) in [5, 5.41) is 2.58. The fourth-order valence-corrected chi connectivity index (χ4v) is 6.88. The molecule has 3 aromatic rings. The number of hydrogen-bond donors (Lipinski definition) is 0. The summed E-state index contributed by atoms with van der Waals surface area (Å²) in [5.41, 5.74) is 2.05. The first-order valence-corrected chi connectivity index (χ1v) is 12.5. The van der Waals surface area contributed by atoms with Gasteiger partial charge in [-0.1, -0.05) is 46.3 Å². The number of benzene rings is 2. The summed E-state index contributed by atoms with van der Waals surface area (Å²) in [5.74, 6) is 0.392. The van der Waals surface area contributed by atoms with Crippen LogP contribution in [0.3, 0.4) is 0 Å². The number of methoxy groups -OCH3 is 1. The van der Waals surface area contributed by atoms with Gasteiger partial charge in [-0.25, -0.2) is 13.4 Å². The van der Waals surface area contributed by atoms with E-state index >= 15 is 0 Å². The van der Waals surface area contributed by atoms with Gasteiger partial charge in [-0.15, -0.1) is 11.3 Å². The van der Waals surface area contributed by atoms with Gasteiger partial charge in [0.05, 0.1) is 18.1 Å². The lowest BCUT2D eigenvalue weighted by atomic mass is 10.1. The first-order chi connectivity index (χ1) is 14.0. The molecule has 1 aliphatic rings. The second-order valence-corrected chi connectivity index (χ2v) is 10.9. The quantitative estimate of drug-likeness (QED) is 0.500. The molecule has 0 atom stereocenters. The molecular formula is C21H21BrN2O3S2. The summed E-state index contributed by atoms with van der Waals surface area (Å²) >= 11 is 4.97. The van der Waals surface area contributed by atoms with Crippen LogP contribution in [-0.2, 0) is 9.84 Å². The molecule has 4 rings (SSSR count). The van der Waals surface area contributed by atoms with Crippen molar-refractivity contribution in [1.82, 2.24) is 4.98 Å². The number of rotatable bonds is 5. The highest BCUT2D eigenvalue weighted by molar-refractivity contribution is 9.10. The molecular weight excluding hydrogens is 472 g/mol. The number of anilines is 1. The topological polar surface area (TPSA) is 59.5 Å². The van der Waals surface area contributed by atoms with Crippen LogP contribution in [0.2, 0.25) is 0 Å². The van der Waals surface area contributed by atoms with E-state index in [4.69, 9.17) is 9.72 Å². The van der Waals surface area contributed by atoms with Crippen LogP contribution >= 0.6 is 27.3 Å². The summed E-state index contributed by atoms with van der Waals surface area (Å²) in [6.45, 7) is 1.34. The highest BCUT2D eigenvalue weighted by Gasteiger charge is 2.34. The van der Waals surface area contributed by atoms with Gasteiger partial charge in [0, 0.05) is 28.5 Å². The molecule has 1 aromatic heterocycles. The second-order valence-electron chi connectivity index (χ2n) is 6.91. The number of halogens is 1. The van der Waals surface area contributed by atoms with E-state index in [1.165, 1.54) is 7.11 Å². The van der Waals surface area contributed by atoms with E-state index in [-0.39, 0.29) is 4.90 Å². The van der Waals surface area contributed by atoms with E-state index in [0.717, 1.165) is 20.9 Å². The minimum Gasteiger partial charge on any atom is -0.495 e. The number of aromatic nitrogens is 1. The van der Waals surface area contributed by atoms with Crippen molar-refractivity contribution < 1.29 is 13.2 Å². The van der Waals surface area contributed by atoms with Crippen LogP contribution in [0.4, 0.5) is 5.13 Å². The van der Waals surface area contributed by atoms with Gasteiger partial charge in [0.2, 0.25) is 0 Å². The van der Waals surface area contributed by atoms with Crippen molar-refractivity contribution >= 4 is 42.2 Å². The Hall–Kier alpha value is -1.90. The highest BCUT2D eigenvalue weighted by Crippen LogP contribution is 2.35. The standard InChI is InChI=1S/C21H21BrN2O3S2/c1-27-19-8-7-16(22)13-20(19)29(25,26)17-9-11-24(12-10-17)21-23-18(14-28-21)15-5-3-2-4-6-15/h2-8,13-14,17H,9-12H2,1H3. The Morgan fingerprint density at radius 3 is 2.55 bits per heavy atom. The van der Waals surface area contributed by atoms with E-state index in [2.05, 4.69) is 26.2 Å². The number of nitrogens with zero attached hydrogens (tertiary/aromatic N) is 2. The van der Waals surface area contributed by atoms with Crippen LogP contribution in [-0.4, -0.2) is 38.9 Å². The number of thiazole rings is 1. The highest BCUT2D eigenvalue weighted by atomic mass is 79.9. The average molecular weight is 493 g/mol. The van der Waals surface area contributed by atoms with Crippen LogP contribution in [0.25, 0.3) is 11.3 Å². The van der Waals surface area contributed by atoms with Crippen LogP contribution in [0, 0.1) is 0 Å². The molecule has 8 heteroatoms. The molecule has 0 saturated carbocycles. The molecule has 29 heavy (non-hydrogen) atoms. The predicted molar refractivity (Wildman–Crippen MR) is 121 cm³/mol. The molecule has 1 saturated heterocycles. The Morgan fingerprint density at radius 1 is 1.14 bits per heavy atom. The molecule has 152 valence electrons. The zero-order chi connectivity index (χ0) is 20.4. The Morgan fingerprint density at radius 2 is 1.86 bits per heavy atom. The summed E-state index contributed by atoms with van der Waals surface area (Å²) in [6.07, 6.45) is 1.14. The molecule has 0 aliphatic carbocycles. The van der Waals surface area contributed by atoms with E-state index in [0.29, 0.717) is 31.7 Å². The number of sulfone groups is 1. The fourth-order valence-electron chi connectivity index (χ4n) is 3.56. The Kier molecular flexibility index (Phi) is 5.94. The lowest BCUT2D eigenvalue weighted by Gasteiger charge is -2.31. The first kappa shape index (κ1) is 20.4. The van der Waals surface area contributed by atoms with Crippen molar-refractivity contribution in [1.29, 1.82) is 0 Å². The van der Waals surface area contributed by atoms with Gasteiger partial charge in [0.15, 0.2) is 15.0 Å². The molecule has 0 unspecified atom stereocenters. The molecule has 0 radical (unpaired) electrons. The van der Waals surface area contributed by atoms with Crippen molar-refractivity contribution in [3.8, 4) is 17.0 Å². The molecule has 1 aliphatic heterocycles. The average Bonchev–Trinajstić information content (AvgIpc) is 3.25. The Bertz CT molecular complexity index is 1090. The van der Waals surface area contributed by atoms with Crippen molar-refractivity contribution in [2.75, 3.05) is 25.1 Å². The van der Waals surface area contributed by atoms with Gasteiger partial charge in [-0.3, -0.25) is 0 Å². The van der Waals surface area contributed by atoms with E-state index in [1.807, 2.05) is 30.3 Å². The minimum absolute atomic E-state index is 0.258. The first-order valence-electron chi connectivity index (χ1n) is 9.32. The van der Waals surface area contributed by atoms with Crippen molar-refractivity contribution in [3.05, 3.63) is 58.4 Å². The van der Waals surface area contributed by atoms with E-state index in [9.17, 15) is 8.42 Å². The third-order valence-electron chi connectivity index (χ3n) is 5.15. The maximum absolute atomic E-state index is 13.2. The zero-order valence-corrected chi connectivity index (χ0v) is 19.1. The minimum atomic E-state index is -3.47. The molecule has 2 heterocycles. The molecule has 0 bridgehead atoms. The van der Waals surface area contributed by atoms with Gasteiger partial charge < -0.3 is 9.64 Å². The van der Waals surface area contributed by atoms with Gasteiger partial charge in [0.25, 0.3) is 0 Å². The summed E-state index contributed by atoms with van der Waals surface area (Å²) in [7, 11) is -1.97. The van der Waals surface area contributed by atoms with Crippen LogP contribution in [0.1, 0.15) is 12.8 Å². The van der Waals surface area contributed by atoms with Crippen molar-refractivity contribution in [2.24, 2.45) is 0 Å². The summed E-state index contributed by atoms with van der Waals surface area (Å²) in [6, 6.07) is 15.2. The van der Waals surface area contributed by atoms with Crippen molar-refractivity contribution in [3.63, 3.8) is 0 Å². The maximum atomic E-state index is 13.2. The maximum Gasteiger partial charge on any atom is 0.185 e. The molecule has 0 N–H and O–H groups in total. The fraction of sp³-hybridized carbons (Fsp3) is 0.286. The van der Waals surface area contributed by atoms with Gasteiger partial charge >= 0.3 is 0 Å². The normalized spacial score (nSPS) is 15.4. The molecule has 5 nitrogen and oxygen atoms in total. The van der Waals surface area contributed by atoms with Gasteiger partial charge in [0.1, 0.15) is 10.6 Å². The van der Waals surface area contributed by atoms with E-state index < -0.39 is 15.1 Å². The second kappa shape index (κ2) is 8.45. The largest absolute Gasteiger partial charge is 0.495 e. The lowest BCUT2D eigenvalue weighted by Crippen LogP contribution is -2.39. The third kappa shape index (κ3) is 4.20. The van der Waals surface area contributed by atoms with Gasteiger partial charge in [-0.05, 0) is 31.0 Å². The van der Waals surface area contributed by atoms with Crippen LogP contribution < -0.4 is 9.64 Å². The number of piperidine rings is 1. The molecule has 1 fully saturated rings. The van der Waals surface area contributed by atoms with Crippen molar-refractivity contribution in [2.45, 2.75) is 23.0 Å². The predicted octanol–water partition coefficient (Wildman–Crippen LogP) is 5.02. The zero-order valence-electron chi connectivity index (χ0n) is 15.9. The Balaban J connectivity index is 1.49. The monoisotopic (exact) mass is 492 g/mol. The molecule has 2 aromatic carbocycles. The molecule has 0 amide bonds. The van der Waals surface area contributed by atoms with E-state index in [1.54, 1.807) is 29.5 Å². The number of hydrogen-bond acceptors (Lipinski definition) is 6. The summed E-state index contributed by atoms with van der Waals surface area (Å²) in [4.78, 5) is 7.20. The molecule has 0 spiro atoms. The Labute approximate surface area is 183 Å². The number of ether oxygens (including phenoxy) is 1. The smallest absolute Gasteiger partial charge is 0.185 e. The SMILES string of the molecule is COc1ccc(Br)cc1S(=O)(=O)C1CCN(c2nc(-c3ccccc3)cs2)CC1. The van der Waals surface area contributed by atoms with Gasteiger partial charge in [-0.2, -0.15) is 0 Å². The van der Waals surface area contributed by atoms with Crippen LogP contribution in [0.15, 0.2) is 63.3 Å². The summed E-state index contributed by atoms with van der Waals surface area (Å²) < 4.78 is 32.5. The third-order valence-corrected chi connectivity index (χ3v) is 8.82.